The lowest BCUT2D eigenvalue weighted by Gasteiger charge is -2.36. The van der Waals surface area contributed by atoms with Gasteiger partial charge in [0.2, 0.25) is 5.91 Å². The van der Waals surface area contributed by atoms with Gasteiger partial charge in [0.05, 0.1) is 4.90 Å². The van der Waals surface area contributed by atoms with E-state index < -0.39 is 16.1 Å². The summed E-state index contributed by atoms with van der Waals surface area (Å²) in [5.41, 5.74) is 0.527. The highest BCUT2D eigenvalue weighted by molar-refractivity contribution is 7.90. The number of fused-ring (bicyclic) bond motifs is 1. The quantitative estimate of drug-likeness (QED) is 0.717. The first-order chi connectivity index (χ1) is 14.8. The van der Waals surface area contributed by atoms with Crippen molar-refractivity contribution in [1.29, 1.82) is 0 Å². The molecule has 2 aromatic rings. The van der Waals surface area contributed by atoms with E-state index in [0.717, 1.165) is 26.1 Å². The van der Waals surface area contributed by atoms with Crippen molar-refractivity contribution in [3.8, 4) is 0 Å². The third-order valence-electron chi connectivity index (χ3n) is 5.75. The Kier molecular flexibility index (Phi) is 6.45. The Morgan fingerprint density at radius 3 is 2.55 bits per heavy atom. The van der Waals surface area contributed by atoms with E-state index in [2.05, 4.69) is 32.1 Å². The highest BCUT2D eigenvalue weighted by Crippen LogP contribution is 2.24. The van der Waals surface area contributed by atoms with Crippen LogP contribution in [-0.4, -0.2) is 68.7 Å². The van der Waals surface area contributed by atoms with Gasteiger partial charge in [-0.05, 0) is 35.9 Å². The molecular formula is C22H28N4O3S2. The second kappa shape index (κ2) is 9.10. The Balaban J connectivity index is 1.43. The largest absolute Gasteiger partial charge is 0.338 e. The molecule has 9 heteroatoms. The number of carbonyl (C=O) groups is 1. The number of aliphatic imine (C=N–C) groups is 1. The fourth-order valence-corrected chi connectivity index (χ4v) is 5.90. The molecule has 0 saturated carbocycles. The Hall–Kier alpha value is -2.23. The Morgan fingerprint density at radius 1 is 1.13 bits per heavy atom. The maximum Gasteiger partial charge on any atom is 0.263 e. The van der Waals surface area contributed by atoms with Gasteiger partial charge in [0, 0.05) is 43.2 Å². The van der Waals surface area contributed by atoms with Crippen LogP contribution in [0.1, 0.15) is 24.3 Å². The molecule has 1 aromatic heterocycles. The van der Waals surface area contributed by atoms with E-state index in [9.17, 15) is 13.2 Å². The van der Waals surface area contributed by atoms with Gasteiger partial charge in [0.15, 0.2) is 0 Å². The second-order valence-corrected chi connectivity index (χ2v) is 10.9. The fraction of sp³-hybridized carbons (Fsp3) is 0.455. The first kappa shape index (κ1) is 22.0. The molecule has 1 aromatic carbocycles. The summed E-state index contributed by atoms with van der Waals surface area (Å²) >= 11 is 1.78. The van der Waals surface area contributed by atoms with Gasteiger partial charge in [-0.2, -0.15) is 0 Å². The number of hydrogen-bond donors (Lipinski definition) is 1. The molecule has 1 atom stereocenters. The number of amides is 1. The van der Waals surface area contributed by atoms with E-state index in [0.29, 0.717) is 18.7 Å². The van der Waals surface area contributed by atoms with Gasteiger partial charge in [0.1, 0.15) is 11.9 Å². The summed E-state index contributed by atoms with van der Waals surface area (Å²) in [5.74, 6) is 0.176. The van der Waals surface area contributed by atoms with Gasteiger partial charge in [-0.3, -0.25) is 19.4 Å². The third-order valence-corrected chi connectivity index (χ3v) is 8.09. The van der Waals surface area contributed by atoms with E-state index in [4.69, 9.17) is 0 Å². The molecule has 31 heavy (non-hydrogen) atoms. The summed E-state index contributed by atoms with van der Waals surface area (Å²) in [4.78, 5) is 23.7. The molecule has 1 N–H and O–H groups in total. The van der Waals surface area contributed by atoms with Crippen molar-refractivity contribution in [1.82, 2.24) is 14.5 Å². The normalized spacial score (nSPS) is 20.6. The summed E-state index contributed by atoms with van der Waals surface area (Å²) in [6.45, 7) is 7.90. The van der Waals surface area contributed by atoms with Gasteiger partial charge in [-0.1, -0.05) is 32.0 Å². The summed E-state index contributed by atoms with van der Waals surface area (Å²) in [7, 11) is -3.62. The molecule has 166 valence electrons. The second-order valence-electron chi connectivity index (χ2n) is 8.26. The number of carbonyl (C=O) groups excluding carboxylic acids is 1. The SMILES string of the molecule is CC(C)[C@H](N=C1NS(=O)(=O)c2ccccc21)C(=O)N1CCN(CCc2cccs2)CC1. The van der Waals surface area contributed by atoms with Crippen LogP contribution in [0.2, 0.25) is 0 Å². The van der Waals surface area contributed by atoms with Crippen molar-refractivity contribution in [2.24, 2.45) is 10.9 Å². The lowest BCUT2D eigenvalue weighted by Crippen LogP contribution is -2.52. The van der Waals surface area contributed by atoms with Crippen molar-refractivity contribution in [2.45, 2.75) is 31.2 Å². The zero-order valence-corrected chi connectivity index (χ0v) is 19.5. The predicted molar refractivity (Wildman–Crippen MR) is 123 cm³/mol. The van der Waals surface area contributed by atoms with Crippen LogP contribution in [0.15, 0.2) is 51.7 Å². The van der Waals surface area contributed by atoms with Crippen LogP contribution in [0.5, 0.6) is 0 Å². The third kappa shape index (κ3) is 4.83. The van der Waals surface area contributed by atoms with Gasteiger partial charge in [-0.25, -0.2) is 8.42 Å². The van der Waals surface area contributed by atoms with Gasteiger partial charge in [0.25, 0.3) is 10.0 Å². The standard InChI is InChI=1S/C22H28N4O3S2/c1-16(2)20(23-21-18-7-3-4-8-19(18)31(28,29)24-21)22(27)26-13-11-25(12-14-26)10-9-17-6-5-15-30-17/h3-8,15-16,20H,9-14H2,1-2H3,(H,23,24)/t20-/m0/s1. The van der Waals surface area contributed by atoms with Crippen LogP contribution in [-0.2, 0) is 21.2 Å². The van der Waals surface area contributed by atoms with Gasteiger partial charge < -0.3 is 4.90 Å². The van der Waals surface area contributed by atoms with Crippen LogP contribution in [0.25, 0.3) is 0 Å². The maximum atomic E-state index is 13.3. The number of nitrogens with one attached hydrogen (secondary N) is 1. The van der Waals surface area contributed by atoms with Crippen LogP contribution in [0.4, 0.5) is 0 Å². The van der Waals surface area contributed by atoms with Gasteiger partial charge in [-0.15, -0.1) is 11.3 Å². The van der Waals surface area contributed by atoms with Crippen LogP contribution in [0.3, 0.4) is 0 Å². The number of benzene rings is 1. The molecule has 0 bridgehead atoms. The molecule has 0 aliphatic carbocycles. The maximum absolute atomic E-state index is 13.3. The summed E-state index contributed by atoms with van der Waals surface area (Å²) in [6, 6.07) is 10.4. The highest BCUT2D eigenvalue weighted by Gasteiger charge is 2.34. The van der Waals surface area contributed by atoms with Crippen molar-refractivity contribution >= 4 is 33.1 Å². The topological polar surface area (TPSA) is 82.1 Å². The molecule has 1 amide bonds. The Morgan fingerprint density at radius 2 is 1.87 bits per heavy atom. The Bertz CT molecular complexity index is 1060. The van der Waals surface area contributed by atoms with Crippen molar-refractivity contribution in [3.63, 3.8) is 0 Å². The average Bonchev–Trinajstić information content (AvgIpc) is 3.36. The lowest BCUT2D eigenvalue weighted by atomic mass is 10.0. The zero-order valence-electron chi connectivity index (χ0n) is 17.8. The summed E-state index contributed by atoms with van der Waals surface area (Å²) < 4.78 is 27.3. The van der Waals surface area contributed by atoms with Crippen molar-refractivity contribution < 1.29 is 13.2 Å². The molecule has 2 aliphatic rings. The number of hydrogen-bond acceptors (Lipinski definition) is 6. The Labute approximate surface area is 187 Å². The molecule has 0 spiro atoms. The molecule has 1 fully saturated rings. The zero-order chi connectivity index (χ0) is 22.0. The minimum absolute atomic E-state index is 0.0380. The minimum atomic E-state index is -3.62. The number of thiophene rings is 1. The number of rotatable bonds is 6. The smallest absolute Gasteiger partial charge is 0.263 e. The first-order valence-electron chi connectivity index (χ1n) is 10.6. The van der Waals surface area contributed by atoms with Crippen LogP contribution >= 0.6 is 11.3 Å². The van der Waals surface area contributed by atoms with Crippen molar-refractivity contribution in [3.05, 3.63) is 52.2 Å². The summed E-state index contributed by atoms with van der Waals surface area (Å²) in [5, 5.41) is 2.10. The number of nitrogens with zero attached hydrogens (tertiary/aromatic N) is 3. The predicted octanol–water partition coefficient (Wildman–Crippen LogP) is 2.20. The lowest BCUT2D eigenvalue weighted by molar-refractivity contribution is -0.135. The van der Waals surface area contributed by atoms with Gasteiger partial charge >= 0.3 is 0 Å². The van der Waals surface area contributed by atoms with Crippen LogP contribution in [0, 0.1) is 5.92 Å². The van der Waals surface area contributed by atoms with Crippen LogP contribution < -0.4 is 4.72 Å². The molecule has 4 rings (SSSR count). The number of amidine groups is 1. The monoisotopic (exact) mass is 460 g/mol. The number of piperazine rings is 1. The summed E-state index contributed by atoms with van der Waals surface area (Å²) in [6.07, 6.45) is 1.04. The molecular weight excluding hydrogens is 432 g/mol. The molecule has 0 radical (unpaired) electrons. The molecule has 3 heterocycles. The first-order valence-corrected chi connectivity index (χ1v) is 12.9. The molecule has 1 saturated heterocycles. The number of sulfonamides is 1. The molecule has 0 unspecified atom stereocenters. The molecule has 7 nitrogen and oxygen atoms in total. The van der Waals surface area contributed by atoms with Crippen molar-refractivity contribution in [2.75, 3.05) is 32.7 Å². The van der Waals surface area contributed by atoms with E-state index in [1.165, 1.54) is 4.88 Å². The van der Waals surface area contributed by atoms with E-state index in [1.54, 1.807) is 35.6 Å². The highest BCUT2D eigenvalue weighted by atomic mass is 32.2. The average molecular weight is 461 g/mol. The van der Waals surface area contributed by atoms with E-state index >= 15 is 0 Å². The van der Waals surface area contributed by atoms with E-state index in [-0.39, 0.29) is 22.6 Å². The minimum Gasteiger partial charge on any atom is -0.338 e. The fourth-order valence-electron chi connectivity index (χ4n) is 3.96. The molecule has 2 aliphatic heterocycles. The van der Waals surface area contributed by atoms with E-state index in [1.807, 2.05) is 18.7 Å².